The Hall–Kier alpha value is -1.89. The molecule has 5 atom stereocenters. The van der Waals surface area contributed by atoms with E-state index < -0.39 is 54.0 Å². The van der Waals surface area contributed by atoms with Gasteiger partial charge in [-0.05, 0) is 39.7 Å². The Bertz CT molecular complexity index is 548. The molecule has 0 aliphatic rings. The first-order valence-corrected chi connectivity index (χ1v) is 9.56. The maximum atomic E-state index is 12.5. The molecule has 0 aliphatic carbocycles. The fourth-order valence-corrected chi connectivity index (χ4v) is 2.35. The smallest absolute Gasteiger partial charge is 0.325 e. The van der Waals surface area contributed by atoms with Gasteiger partial charge in [0.15, 0.2) is 0 Å². The molecule has 0 aromatic heterocycles. The molecule has 0 aromatic carbocycles. The summed E-state index contributed by atoms with van der Waals surface area (Å²) in [4.78, 5) is 47.7. The molecule has 0 rings (SSSR count). The second-order valence-corrected chi connectivity index (χ2v) is 6.79. The van der Waals surface area contributed by atoms with E-state index in [4.69, 9.17) is 16.6 Å². The number of rotatable bonds is 13. The third-order valence-electron chi connectivity index (χ3n) is 3.95. The molecule has 0 aromatic rings. The quantitative estimate of drug-likeness (QED) is 0.116. The largest absolute Gasteiger partial charge is 0.480 e. The number of aliphatic carboxylic acids is 1. The summed E-state index contributed by atoms with van der Waals surface area (Å²) in [7, 11) is 0. The number of amides is 3. The molecule has 0 radical (unpaired) electrons. The average Bonchev–Trinajstić information content (AvgIpc) is 2.63. The molecule has 0 saturated heterocycles. The Morgan fingerprint density at radius 1 is 0.964 bits per heavy atom. The van der Waals surface area contributed by atoms with Crippen molar-refractivity contribution in [2.75, 3.05) is 12.3 Å². The van der Waals surface area contributed by atoms with Crippen LogP contribution in [0.2, 0.25) is 0 Å². The number of carbonyl (C=O) groups is 4. The predicted octanol–water partition coefficient (Wildman–Crippen LogP) is -2.69. The van der Waals surface area contributed by atoms with E-state index in [0.29, 0.717) is 19.4 Å². The van der Waals surface area contributed by atoms with E-state index in [2.05, 4.69) is 28.6 Å². The van der Waals surface area contributed by atoms with Crippen molar-refractivity contribution in [2.45, 2.75) is 63.4 Å². The number of carboxylic acids is 1. The van der Waals surface area contributed by atoms with Crippen molar-refractivity contribution in [3.63, 3.8) is 0 Å². The second-order valence-electron chi connectivity index (χ2n) is 6.42. The maximum absolute atomic E-state index is 12.5. The summed E-state index contributed by atoms with van der Waals surface area (Å²) >= 11 is 4.02. The molecule has 0 aliphatic heterocycles. The molecule has 162 valence electrons. The molecule has 0 unspecified atom stereocenters. The van der Waals surface area contributed by atoms with Crippen LogP contribution in [0.25, 0.3) is 0 Å². The van der Waals surface area contributed by atoms with Crippen molar-refractivity contribution in [1.82, 2.24) is 16.0 Å². The first-order valence-electron chi connectivity index (χ1n) is 8.93. The molecule has 9 N–H and O–H groups in total. The van der Waals surface area contributed by atoms with Crippen LogP contribution >= 0.6 is 12.6 Å². The average molecular weight is 422 g/mol. The van der Waals surface area contributed by atoms with Crippen LogP contribution in [0.5, 0.6) is 0 Å². The van der Waals surface area contributed by atoms with Crippen LogP contribution in [0.4, 0.5) is 0 Å². The Morgan fingerprint density at radius 3 is 1.96 bits per heavy atom. The zero-order valence-electron chi connectivity index (χ0n) is 16.1. The van der Waals surface area contributed by atoms with E-state index in [0.717, 1.165) is 0 Å². The highest BCUT2D eigenvalue weighted by molar-refractivity contribution is 7.80. The van der Waals surface area contributed by atoms with Gasteiger partial charge < -0.3 is 37.6 Å². The highest BCUT2D eigenvalue weighted by atomic mass is 32.1. The van der Waals surface area contributed by atoms with Crippen LogP contribution in [0, 0.1) is 0 Å². The molecule has 0 bridgehead atoms. The van der Waals surface area contributed by atoms with E-state index in [-0.39, 0.29) is 12.2 Å². The van der Waals surface area contributed by atoms with Gasteiger partial charge in [-0.15, -0.1) is 0 Å². The van der Waals surface area contributed by atoms with Crippen molar-refractivity contribution in [3.05, 3.63) is 0 Å². The van der Waals surface area contributed by atoms with E-state index in [9.17, 15) is 24.3 Å². The van der Waals surface area contributed by atoms with E-state index in [1.54, 1.807) is 0 Å². The van der Waals surface area contributed by atoms with Crippen LogP contribution in [0.15, 0.2) is 0 Å². The van der Waals surface area contributed by atoms with Gasteiger partial charge in [0.2, 0.25) is 17.7 Å². The predicted molar refractivity (Wildman–Crippen MR) is 106 cm³/mol. The summed E-state index contributed by atoms with van der Waals surface area (Å²) in [6.07, 6.45) is 0.267. The van der Waals surface area contributed by atoms with Gasteiger partial charge in [0.1, 0.15) is 24.2 Å². The van der Waals surface area contributed by atoms with Crippen LogP contribution in [0.3, 0.4) is 0 Å². The minimum absolute atomic E-state index is 0.0766. The fraction of sp³-hybridized carbons (Fsp3) is 0.750. The van der Waals surface area contributed by atoms with Gasteiger partial charge in [-0.3, -0.25) is 19.2 Å². The molecular weight excluding hydrogens is 390 g/mol. The zero-order valence-corrected chi connectivity index (χ0v) is 16.9. The van der Waals surface area contributed by atoms with Crippen molar-refractivity contribution in [1.29, 1.82) is 0 Å². The number of aliphatic hydroxyl groups excluding tert-OH is 1. The first-order chi connectivity index (χ1) is 13.0. The number of aliphatic hydroxyl groups is 1. The number of carbonyl (C=O) groups excluding carboxylic acids is 3. The van der Waals surface area contributed by atoms with Gasteiger partial charge in [-0.1, -0.05) is 0 Å². The van der Waals surface area contributed by atoms with Crippen LogP contribution in [-0.4, -0.2) is 76.5 Å². The second kappa shape index (κ2) is 13.3. The minimum Gasteiger partial charge on any atom is -0.480 e. The molecule has 0 spiro atoms. The number of nitrogens with one attached hydrogen (secondary N) is 3. The third-order valence-corrected chi connectivity index (χ3v) is 4.31. The minimum atomic E-state index is -1.23. The SMILES string of the molecule is C[C@H](NC(=O)[C@H](CCCCN)NC(=O)[C@H](CS)NC(=O)[C@@H](N)[C@@H](C)O)C(=O)O. The summed E-state index contributed by atoms with van der Waals surface area (Å²) in [6.45, 7) is 3.04. The highest BCUT2D eigenvalue weighted by Crippen LogP contribution is 2.03. The molecular formula is C16H31N5O6S. The molecule has 11 nitrogen and oxygen atoms in total. The standard InChI is InChI=1S/C16H31N5O6S/c1-8(16(26)27)19-13(23)10(5-3-4-6-17)20-14(24)11(7-28)21-15(25)12(18)9(2)22/h8-12,22,28H,3-7,17-18H2,1-2H3,(H,19,23)(H,20,24)(H,21,25)(H,26,27)/t8-,9+,10-,11-,12-/m0/s1. The van der Waals surface area contributed by atoms with Gasteiger partial charge in [-0.2, -0.15) is 12.6 Å². The number of unbranched alkanes of at least 4 members (excludes halogenated alkanes) is 1. The summed E-state index contributed by atoms with van der Waals surface area (Å²) < 4.78 is 0. The molecule has 12 heteroatoms. The van der Waals surface area contributed by atoms with Crippen LogP contribution in [0.1, 0.15) is 33.1 Å². The number of hydrogen-bond acceptors (Lipinski definition) is 8. The normalized spacial score (nSPS) is 16.2. The lowest BCUT2D eigenvalue weighted by Gasteiger charge is -2.24. The van der Waals surface area contributed by atoms with E-state index in [1.807, 2.05) is 0 Å². The molecule has 0 saturated carbocycles. The third kappa shape index (κ3) is 9.35. The van der Waals surface area contributed by atoms with E-state index >= 15 is 0 Å². The maximum Gasteiger partial charge on any atom is 0.325 e. The van der Waals surface area contributed by atoms with Crippen molar-refractivity contribution >= 4 is 36.3 Å². The molecule has 0 fully saturated rings. The summed E-state index contributed by atoms with van der Waals surface area (Å²) in [5, 5.41) is 25.4. The lowest BCUT2D eigenvalue weighted by molar-refractivity contribution is -0.141. The Labute approximate surface area is 169 Å². The van der Waals surface area contributed by atoms with Crippen LogP contribution < -0.4 is 27.4 Å². The number of nitrogens with two attached hydrogens (primary N) is 2. The Kier molecular flexibility index (Phi) is 12.4. The van der Waals surface area contributed by atoms with Gasteiger partial charge in [-0.25, -0.2) is 0 Å². The number of hydrogen-bond donors (Lipinski definition) is 8. The summed E-state index contributed by atoms with van der Waals surface area (Å²) in [6, 6.07) is -4.46. The molecule has 0 heterocycles. The topological polar surface area (TPSA) is 197 Å². The van der Waals surface area contributed by atoms with Gasteiger partial charge in [0, 0.05) is 5.75 Å². The Morgan fingerprint density at radius 2 is 1.50 bits per heavy atom. The number of thiol groups is 1. The lowest BCUT2D eigenvalue weighted by atomic mass is 10.1. The molecule has 3 amide bonds. The molecule has 28 heavy (non-hydrogen) atoms. The van der Waals surface area contributed by atoms with Crippen LogP contribution in [-0.2, 0) is 19.2 Å². The highest BCUT2D eigenvalue weighted by Gasteiger charge is 2.29. The van der Waals surface area contributed by atoms with Crippen molar-refractivity contribution in [3.8, 4) is 0 Å². The van der Waals surface area contributed by atoms with Crippen molar-refractivity contribution < 1.29 is 29.4 Å². The zero-order chi connectivity index (χ0) is 21.9. The summed E-state index contributed by atoms with van der Waals surface area (Å²) in [5.74, 6) is -3.38. The fourth-order valence-electron chi connectivity index (χ4n) is 2.09. The Balaban J connectivity index is 5.08. The monoisotopic (exact) mass is 421 g/mol. The van der Waals surface area contributed by atoms with E-state index in [1.165, 1.54) is 13.8 Å². The summed E-state index contributed by atoms with van der Waals surface area (Å²) in [5.41, 5.74) is 11.0. The number of carboxylic acid groups (broad SMARTS) is 1. The lowest BCUT2D eigenvalue weighted by Crippen LogP contribution is -2.58. The van der Waals surface area contributed by atoms with Gasteiger partial charge in [0.05, 0.1) is 6.10 Å². The first kappa shape index (κ1) is 26.1. The van der Waals surface area contributed by atoms with Gasteiger partial charge >= 0.3 is 5.97 Å². The van der Waals surface area contributed by atoms with Crippen molar-refractivity contribution in [2.24, 2.45) is 11.5 Å². The van der Waals surface area contributed by atoms with Gasteiger partial charge in [0.25, 0.3) is 0 Å².